The molecule has 1 aromatic rings. The van der Waals surface area contributed by atoms with Gasteiger partial charge in [0, 0.05) is 11.9 Å². The van der Waals surface area contributed by atoms with Crippen molar-refractivity contribution >= 4 is 0 Å². The lowest BCUT2D eigenvalue weighted by molar-refractivity contribution is 1.06. The van der Waals surface area contributed by atoms with Crippen LogP contribution in [0, 0.1) is 0 Å². The maximum absolute atomic E-state index is 3.21. The van der Waals surface area contributed by atoms with Gasteiger partial charge in [-0.3, -0.25) is 0 Å². The van der Waals surface area contributed by atoms with Crippen molar-refractivity contribution in [3.63, 3.8) is 0 Å². The summed E-state index contributed by atoms with van der Waals surface area (Å²) in [4.78, 5) is 3.21. The molecule has 0 aliphatic rings. The number of aryl methyl sites for hydroxylation is 2. The van der Waals surface area contributed by atoms with Crippen LogP contribution in [0.5, 0.6) is 0 Å². The summed E-state index contributed by atoms with van der Waals surface area (Å²) in [7, 11) is 0. The van der Waals surface area contributed by atoms with E-state index in [1.165, 1.54) is 11.3 Å². The molecule has 0 bridgehead atoms. The molecule has 0 aliphatic heterocycles. The number of aromatic amines is 1. The van der Waals surface area contributed by atoms with E-state index >= 15 is 0 Å². The van der Waals surface area contributed by atoms with Crippen molar-refractivity contribution in [3.05, 3.63) is 23.5 Å². The smallest absolute Gasteiger partial charge is 0.0147 e. The predicted octanol–water partition coefficient (Wildman–Crippen LogP) is 2.14. The Balaban J connectivity index is 2.74. The van der Waals surface area contributed by atoms with Gasteiger partial charge in [-0.2, -0.15) is 0 Å². The second-order valence-electron chi connectivity index (χ2n) is 2.24. The Labute approximate surface area is 56.1 Å². The molecule has 1 heterocycles. The highest BCUT2D eigenvalue weighted by Gasteiger charge is 1.91. The van der Waals surface area contributed by atoms with Crippen LogP contribution < -0.4 is 0 Å². The van der Waals surface area contributed by atoms with Crippen LogP contribution >= 0.6 is 0 Å². The summed E-state index contributed by atoms with van der Waals surface area (Å²) in [5.74, 6) is 0. The van der Waals surface area contributed by atoms with E-state index in [4.69, 9.17) is 0 Å². The number of hydrogen-bond acceptors (Lipinski definition) is 0. The van der Waals surface area contributed by atoms with E-state index in [9.17, 15) is 0 Å². The molecule has 0 radical (unpaired) electrons. The minimum Gasteiger partial charge on any atom is -0.365 e. The van der Waals surface area contributed by atoms with Gasteiger partial charge in [-0.15, -0.1) is 0 Å². The lowest BCUT2D eigenvalue weighted by atomic mass is 10.2. The number of aromatic nitrogens is 1. The molecule has 0 aromatic carbocycles. The third-order valence-electron chi connectivity index (χ3n) is 1.59. The lowest BCUT2D eigenvalue weighted by Crippen LogP contribution is -1.74. The van der Waals surface area contributed by atoms with Crippen LogP contribution in [0.2, 0.25) is 0 Å². The van der Waals surface area contributed by atoms with E-state index in [1.807, 2.05) is 0 Å². The van der Waals surface area contributed by atoms with Crippen molar-refractivity contribution in [3.8, 4) is 0 Å². The van der Waals surface area contributed by atoms with Gasteiger partial charge in [0.05, 0.1) is 0 Å². The minimum absolute atomic E-state index is 1.11. The number of rotatable bonds is 2. The quantitative estimate of drug-likeness (QED) is 0.620. The van der Waals surface area contributed by atoms with Gasteiger partial charge >= 0.3 is 0 Å². The lowest BCUT2D eigenvalue weighted by Gasteiger charge is -1.83. The molecule has 50 valence electrons. The van der Waals surface area contributed by atoms with E-state index in [1.54, 1.807) is 0 Å². The van der Waals surface area contributed by atoms with E-state index in [-0.39, 0.29) is 0 Å². The van der Waals surface area contributed by atoms with Gasteiger partial charge in [-0.05, 0) is 24.5 Å². The predicted molar refractivity (Wildman–Crippen MR) is 39.5 cm³/mol. The first kappa shape index (κ1) is 6.40. The summed E-state index contributed by atoms with van der Waals surface area (Å²) in [6.07, 6.45) is 4.33. The third kappa shape index (κ3) is 1.35. The van der Waals surface area contributed by atoms with Crippen LogP contribution in [0.4, 0.5) is 0 Å². The first-order valence-electron chi connectivity index (χ1n) is 3.53. The zero-order valence-corrected chi connectivity index (χ0v) is 6.07. The average molecular weight is 123 g/mol. The summed E-state index contributed by atoms with van der Waals surface area (Å²) < 4.78 is 0. The van der Waals surface area contributed by atoms with Gasteiger partial charge < -0.3 is 4.98 Å². The van der Waals surface area contributed by atoms with E-state index < -0.39 is 0 Å². The van der Waals surface area contributed by atoms with E-state index in [2.05, 4.69) is 31.1 Å². The summed E-state index contributed by atoms with van der Waals surface area (Å²) in [5, 5.41) is 0. The second-order valence-corrected chi connectivity index (χ2v) is 2.24. The van der Waals surface area contributed by atoms with Crippen LogP contribution in [-0.2, 0) is 12.8 Å². The zero-order chi connectivity index (χ0) is 6.69. The van der Waals surface area contributed by atoms with Crippen LogP contribution in [-0.4, -0.2) is 4.98 Å². The molecular formula is C8H13N. The van der Waals surface area contributed by atoms with Crippen LogP contribution in [0.15, 0.2) is 12.3 Å². The first-order chi connectivity index (χ1) is 4.36. The van der Waals surface area contributed by atoms with Crippen molar-refractivity contribution in [1.82, 2.24) is 4.98 Å². The molecule has 0 fully saturated rings. The van der Waals surface area contributed by atoms with Crippen LogP contribution in [0.1, 0.15) is 25.1 Å². The Bertz CT molecular complexity index is 158. The highest BCUT2D eigenvalue weighted by atomic mass is 14.7. The molecule has 0 unspecified atom stereocenters. The van der Waals surface area contributed by atoms with Gasteiger partial charge in [0.25, 0.3) is 0 Å². The van der Waals surface area contributed by atoms with Crippen molar-refractivity contribution in [2.45, 2.75) is 26.7 Å². The molecule has 0 amide bonds. The molecule has 1 N–H and O–H groups in total. The van der Waals surface area contributed by atoms with Gasteiger partial charge in [0.2, 0.25) is 0 Å². The Hall–Kier alpha value is -0.720. The van der Waals surface area contributed by atoms with Gasteiger partial charge in [0.15, 0.2) is 0 Å². The fourth-order valence-corrected chi connectivity index (χ4v) is 0.901. The molecule has 9 heavy (non-hydrogen) atoms. The third-order valence-corrected chi connectivity index (χ3v) is 1.59. The second kappa shape index (κ2) is 2.72. The Kier molecular flexibility index (Phi) is 1.93. The molecule has 1 nitrogen and oxygen atoms in total. The molecule has 1 heteroatoms. The highest BCUT2D eigenvalue weighted by molar-refractivity contribution is 5.16. The molecule has 0 saturated heterocycles. The molecule has 0 spiro atoms. The maximum Gasteiger partial charge on any atom is 0.0147 e. The fourth-order valence-electron chi connectivity index (χ4n) is 0.901. The SMILES string of the molecule is CCc1c[nH]c(CC)c1. The number of nitrogens with one attached hydrogen (secondary N) is 1. The zero-order valence-electron chi connectivity index (χ0n) is 6.07. The molecule has 0 saturated carbocycles. The van der Waals surface area contributed by atoms with Gasteiger partial charge in [0.1, 0.15) is 0 Å². The Morgan fingerprint density at radius 1 is 1.33 bits per heavy atom. The molecule has 0 aliphatic carbocycles. The fraction of sp³-hybridized carbons (Fsp3) is 0.500. The first-order valence-corrected chi connectivity index (χ1v) is 3.53. The monoisotopic (exact) mass is 123 g/mol. The summed E-state index contributed by atoms with van der Waals surface area (Å²) in [5.41, 5.74) is 2.75. The normalized spacial score (nSPS) is 10.0. The highest BCUT2D eigenvalue weighted by Crippen LogP contribution is 2.03. The van der Waals surface area contributed by atoms with Crippen LogP contribution in [0.3, 0.4) is 0 Å². The molecular weight excluding hydrogens is 110 g/mol. The summed E-state index contributed by atoms with van der Waals surface area (Å²) >= 11 is 0. The number of hydrogen-bond donors (Lipinski definition) is 1. The van der Waals surface area contributed by atoms with E-state index in [0.717, 1.165) is 12.8 Å². The summed E-state index contributed by atoms with van der Waals surface area (Å²) in [6.45, 7) is 4.33. The molecule has 1 rings (SSSR count). The summed E-state index contributed by atoms with van der Waals surface area (Å²) in [6, 6.07) is 2.22. The standard InChI is InChI=1S/C8H13N/c1-3-7-5-8(4-2)9-6-7/h5-6,9H,3-4H2,1-2H3. The van der Waals surface area contributed by atoms with Crippen molar-refractivity contribution in [2.24, 2.45) is 0 Å². The molecule has 1 aromatic heterocycles. The maximum atomic E-state index is 3.21. The van der Waals surface area contributed by atoms with Crippen LogP contribution in [0.25, 0.3) is 0 Å². The van der Waals surface area contributed by atoms with Crippen molar-refractivity contribution in [1.29, 1.82) is 0 Å². The van der Waals surface area contributed by atoms with Gasteiger partial charge in [-0.25, -0.2) is 0 Å². The van der Waals surface area contributed by atoms with E-state index in [0.29, 0.717) is 0 Å². The van der Waals surface area contributed by atoms with Crippen molar-refractivity contribution < 1.29 is 0 Å². The largest absolute Gasteiger partial charge is 0.365 e. The Morgan fingerprint density at radius 2 is 2.11 bits per heavy atom. The van der Waals surface area contributed by atoms with Crippen molar-refractivity contribution in [2.75, 3.05) is 0 Å². The Morgan fingerprint density at radius 3 is 2.44 bits per heavy atom. The average Bonchev–Trinajstić information content (AvgIpc) is 2.34. The number of H-pyrrole nitrogens is 1. The minimum atomic E-state index is 1.11. The molecule has 0 atom stereocenters. The van der Waals surface area contributed by atoms with Gasteiger partial charge in [-0.1, -0.05) is 13.8 Å². The topological polar surface area (TPSA) is 15.8 Å².